The maximum Gasteiger partial charge on any atom is 0.307 e. The molecule has 7 heteroatoms. The van der Waals surface area contributed by atoms with Crippen molar-refractivity contribution in [3.05, 3.63) is 71.4 Å². The molecule has 0 N–H and O–H groups in total. The summed E-state index contributed by atoms with van der Waals surface area (Å²) in [6, 6.07) is 15.9. The van der Waals surface area contributed by atoms with E-state index in [1.807, 2.05) is 42.6 Å². The highest BCUT2D eigenvalue weighted by Crippen LogP contribution is 2.44. The van der Waals surface area contributed by atoms with Crippen molar-refractivity contribution < 1.29 is 28.5 Å². The highest BCUT2D eigenvalue weighted by Gasteiger charge is 2.29. The van der Waals surface area contributed by atoms with E-state index in [0.717, 1.165) is 72.6 Å². The fourth-order valence-corrected chi connectivity index (χ4v) is 5.44. The lowest BCUT2D eigenvalue weighted by molar-refractivity contribution is -0.140. The lowest BCUT2D eigenvalue weighted by Gasteiger charge is -2.22. The summed E-state index contributed by atoms with van der Waals surface area (Å²) in [6.07, 6.45) is 5.66. The molecule has 1 aromatic heterocycles. The van der Waals surface area contributed by atoms with E-state index >= 15 is 0 Å². The topological polar surface area (TPSA) is 76.1 Å². The fourth-order valence-electron chi connectivity index (χ4n) is 5.44. The maximum atomic E-state index is 11.8. The second kappa shape index (κ2) is 12.9. The molecule has 2 heterocycles. The highest BCUT2D eigenvalue weighted by atomic mass is 16.5. The third-order valence-electron chi connectivity index (χ3n) is 7.49. The number of esters is 1. The van der Waals surface area contributed by atoms with Gasteiger partial charge in [0, 0.05) is 36.2 Å². The number of fused-ring (bicyclic) bond motifs is 1. The Balaban J connectivity index is 1.33. The first-order valence-electron chi connectivity index (χ1n) is 13.8. The van der Waals surface area contributed by atoms with Crippen LogP contribution in [-0.4, -0.2) is 44.5 Å². The van der Waals surface area contributed by atoms with E-state index in [1.54, 1.807) is 14.0 Å². The van der Waals surface area contributed by atoms with Crippen LogP contribution in [-0.2, 0) is 20.7 Å². The number of hydrogen-bond acceptors (Lipinski definition) is 7. The minimum atomic E-state index is -0.279. The van der Waals surface area contributed by atoms with Crippen molar-refractivity contribution in [2.24, 2.45) is 0 Å². The molecule has 1 aliphatic carbocycles. The Morgan fingerprint density at radius 3 is 2.50 bits per heavy atom. The van der Waals surface area contributed by atoms with Crippen molar-refractivity contribution in [2.45, 2.75) is 57.2 Å². The van der Waals surface area contributed by atoms with Crippen LogP contribution in [0.25, 0.3) is 11.1 Å². The van der Waals surface area contributed by atoms with Gasteiger partial charge in [-0.2, -0.15) is 0 Å². The lowest BCUT2D eigenvalue weighted by Crippen LogP contribution is -2.26. The molecule has 2 aromatic carbocycles. The van der Waals surface area contributed by atoms with Gasteiger partial charge in [-0.05, 0) is 60.7 Å². The predicted molar refractivity (Wildman–Crippen MR) is 152 cm³/mol. The van der Waals surface area contributed by atoms with E-state index in [1.165, 1.54) is 12.7 Å². The molecule has 0 saturated carbocycles. The highest BCUT2D eigenvalue weighted by molar-refractivity contribution is 5.76. The predicted octanol–water partition coefficient (Wildman–Crippen LogP) is 6.05. The number of ether oxygens (including phenoxy) is 5. The van der Waals surface area contributed by atoms with Gasteiger partial charge < -0.3 is 23.7 Å². The molecule has 40 heavy (non-hydrogen) atoms. The molecule has 0 radical (unpaired) electrons. The summed E-state index contributed by atoms with van der Waals surface area (Å²) in [5.41, 5.74) is 5.38. The number of hydrogen-bond donors (Lipinski definition) is 0. The molecule has 1 saturated heterocycles. The van der Waals surface area contributed by atoms with Gasteiger partial charge in [-0.3, -0.25) is 4.79 Å². The minimum absolute atomic E-state index is 0.0732. The minimum Gasteiger partial charge on any atom is -0.496 e. The Hall–Kier alpha value is -4.02. The second-order valence-electron chi connectivity index (χ2n) is 9.97. The number of carbonyl (C=O) groups is 1. The van der Waals surface area contributed by atoms with E-state index < -0.39 is 0 Å². The Morgan fingerprint density at radius 1 is 1.02 bits per heavy atom. The van der Waals surface area contributed by atoms with Crippen LogP contribution in [0.2, 0.25) is 0 Å². The molecule has 5 rings (SSSR count). The number of aromatic nitrogens is 1. The number of nitrogens with zero attached hydrogens (tertiary/aromatic N) is 1. The molecule has 1 fully saturated rings. The first-order valence-corrected chi connectivity index (χ1v) is 13.8. The van der Waals surface area contributed by atoms with Crippen LogP contribution in [0.3, 0.4) is 0 Å². The summed E-state index contributed by atoms with van der Waals surface area (Å²) in [5, 5.41) is 0. The standard InChI is InChI=1S/C33H35NO6/c1-4-5-23(20-32(35)37-3)22-6-9-25(10-7-22)39-29-13-12-28-27(29)11-14-30(36-2)33(28)24-8-15-31(34-21-24)40-26-16-18-38-19-17-26/h6-11,14-15,21,23,26,29H,12-13,16-20H2,1-3H3/t23?,29-/m1/s1. The molecule has 0 spiro atoms. The van der Waals surface area contributed by atoms with Crippen molar-refractivity contribution in [3.63, 3.8) is 0 Å². The smallest absolute Gasteiger partial charge is 0.307 e. The van der Waals surface area contributed by atoms with E-state index in [0.29, 0.717) is 5.88 Å². The number of pyridine rings is 1. The molecule has 1 aliphatic heterocycles. The molecule has 3 aromatic rings. The van der Waals surface area contributed by atoms with Gasteiger partial charge in [0.15, 0.2) is 0 Å². The number of benzene rings is 2. The van der Waals surface area contributed by atoms with Crippen molar-refractivity contribution in [2.75, 3.05) is 27.4 Å². The first-order chi connectivity index (χ1) is 19.6. The van der Waals surface area contributed by atoms with Crippen LogP contribution in [0.1, 0.15) is 61.3 Å². The molecular weight excluding hydrogens is 506 g/mol. The summed E-state index contributed by atoms with van der Waals surface area (Å²) in [6.45, 7) is 3.23. The summed E-state index contributed by atoms with van der Waals surface area (Å²) >= 11 is 0. The number of carbonyl (C=O) groups excluding carboxylic acids is 1. The Bertz CT molecular complexity index is 1370. The monoisotopic (exact) mass is 541 g/mol. The van der Waals surface area contributed by atoms with Gasteiger partial charge in [0.05, 0.1) is 39.8 Å². The summed E-state index contributed by atoms with van der Waals surface area (Å²) in [4.78, 5) is 16.4. The first kappa shape index (κ1) is 27.5. The Labute approximate surface area is 235 Å². The molecule has 208 valence electrons. The molecule has 2 aliphatic rings. The Morgan fingerprint density at radius 2 is 1.82 bits per heavy atom. The van der Waals surface area contributed by atoms with Gasteiger partial charge in [-0.1, -0.05) is 24.1 Å². The summed E-state index contributed by atoms with van der Waals surface area (Å²) in [5.74, 6) is 7.75. The van der Waals surface area contributed by atoms with Crippen molar-refractivity contribution in [1.82, 2.24) is 4.98 Å². The molecule has 1 unspecified atom stereocenters. The largest absolute Gasteiger partial charge is 0.496 e. The molecular formula is C33H35NO6. The van der Waals surface area contributed by atoms with Gasteiger partial charge >= 0.3 is 5.97 Å². The summed E-state index contributed by atoms with van der Waals surface area (Å²) < 4.78 is 28.5. The van der Waals surface area contributed by atoms with Crippen molar-refractivity contribution in [3.8, 4) is 40.3 Å². The van der Waals surface area contributed by atoms with E-state index in [9.17, 15) is 4.79 Å². The third kappa shape index (κ3) is 6.24. The average molecular weight is 542 g/mol. The summed E-state index contributed by atoms with van der Waals surface area (Å²) in [7, 11) is 3.09. The SMILES string of the molecule is CC#CC(CC(=O)OC)c1ccc(O[C@@H]2CCc3c2ccc(OC)c3-c2ccc(OC3CCOCC3)nc2)cc1. The van der Waals surface area contributed by atoms with Crippen molar-refractivity contribution >= 4 is 5.97 Å². The zero-order valence-corrected chi connectivity index (χ0v) is 23.3. The van der Waals surface area contributed by atoms with Crippen LogP contribution in [0.4, 0.5) is 0 Å². The molecule has 0 amide bonds. The Kier molecular flexibility index (Phi) is 8.87. The van der Waals surface area contributed by atoms with Crippen molar-refractivity contribution in [1.29, 1.82) is 0 Å². The van der Waals surface area contributed by atoms with Gasteiger partial charge in [0.25, 0.3) is 0 Å². The molecule has 0 bridgehead atoms. The molecule has 7 nitrogen and oxygen atoms in total. The van der Waals surface area contributed by atoms with Crippen LogP contribution in [0, 0.1) is 11.8 Å². The van der Waals surface area contributed by atoms with E-state index in [2.05, 4.69) is 29.0 Å². The fraction of sp³-hybridized carbons (Fsp3) is 0.394. The van der Waals surface area contributed by atoms with E-state index in [-0.39, 0.29) is 30.5 Å². The van der Waals surface area contributed by atoms with Crippen LogP contribution >= 0.6 is 0 Å². The van der Waals surface area contributed by atoms with Crippen LogP contribution < -0.4 is 14.2 Å². The molecule has 2 atom stereocenters. The number of rotatable bonds is 9. The maximum absolute atomic E-state index is 11.8. The quantitative estimate of drug-likeness (QED) is 0.241. The van der Waals surface area contributed by atoms with E-state index in [4.69, 9.17) is 23.7 Å². The third-order valence-corrected chi connectivity index (χ3v) is 7.49. The zero-order chi connectivity index (χ0) is 27.9. The number of methoxy groups -OCH3 is 2. The van der Waals surface area contributed by atoms with Gasteiger partial charge in [-0.25, -0.2) is 4.98 Å². The van der Waals surface area contributed by atoms with Crippen LogP contribution in [0.15, 0.2) is 54.7 Å². The van der Waals surface area contributed by atoms with Gasteiger partial charge in [0.1, 0.15) is 23.7 Å². The zero-order valence-electron chi connectivity index (χ0n) is 23.3. The van der Waals surface area contributed by atoms with Gasteiger partial charge in [0.2, 0.25) is 5.88 Å². The normalized spacial score (nSPS) is 17.2. The second-order valence-corrected chi connectivity index (χ2v) is 9.97. The average Bonchev–Trinajstić information content (AvgIpc) is 3.40. The van der Waals surface area contributed by atoms with Crippen LogP contribution in [0.5, 0.6) is 17.4 Å². The van der Waals surface area contributed by atoms with Gasteiger partial charge in [-0.15, -0.1) is 5.92 Å². The lowest BCUT2D eigenvalue weighted by atomic mass is 9.96.